The van der Waals surface area contributed by atoms with Crippen molar-refractivity contribution in [2.75, 3.05) is 46.2 Å². The van der Waals surface area contributed by atoms with Crippen LogP contribution in [0.4, 0.5) is 0 Å². The molecule has 3 fully saturated rings. The van der Waals surface area contributed by atoms with Gasteiger partial charge in [-0.05, 0) is 87.3 Å². The lowest BCUT2D eigenvalue weighted by molar-refractivity contribution is -0.215. The molecule has 0 atom stereocenters. The Labute approximate surface area is 290 Å². The van der Waals surface area contributed by atoms with Crippen molar-refractivity contribution >= 4 is 31.2 Å². The monoisotopic (exact) mass is 723 g/mol. The van der Waals surface area contributed by atoms with E-state index in [1.807, 2.05) is 24.3 Å². The fourth-order valence-electron chi connectivity index (χ4n) is 7.44. The Morgan fingerprint density at radius 3 is 2.18 bits per heavy atom. The second-order valence-electron chi connectivity index (χ2n) is 12.7. The molecular formula is C35H37N3O8S3. The number of benzene rings is 2. The molecule has 0 saturated carbocycles. The number of hydrogen-bond donors (Lipinski definition) is 0. The number of thiophene rings is 1. The summed E-state index contributed by atoms with van der Waals surface area (Å²) in [5.41, 5.74) is 1.58. The Kier molecular flexibility index (Phi) is 8.75. The van der Waals surface area contributed by atoms with Crippen molar-refractivity contribution in [1.82, 2.24) is 14.2 Å². The van der Waals surface area contributed by atoms with E-state index < -0.39 is 25.6 Å². The second-order valence-corrected chi connectivity index (χ2v) is 17.9. The van der Waals surface area contributed by atoms with Gasteiger partial charge in [0, 0.05) is 42.9 Å². The summed E-state index contributed by atoms with van der Waals surface area (Å²) in [5, 5.41) is 0. The van der Waals surface area contributed by atoms with Gasteiger partial charge in [-0.2, -0.15) is 4.31 Å². The van der Waals surface area contributed by atoms with Crippen LogP contribution < -0.4 is 9.47 Å². The van der Waals surface area contributed by atoms with Gasteiger partial charge in [-0.15, -0.1) is 11.3 Å². The molecule has 0 bridgehead atoms. The number of ether oxygens (including phenoxy) is 4. The number of fused-ring (bicyclic) bond motifs is 1. The van der Waals surface area contributed by atoms with Gasteiger partial charge in [-0.1, -0.05) is 18.2 Å². The van der Waals surface area contributed by atoms with Crippen molar-refractivity contribution in [3.05, 3.63) is 84.6 Å². The van der Waals surface area contributed by atoms with Gasteiger partial charge < -0.3 is 23.8 Å². The first-order valence-electron chi connectivity index (χ1n) is 16.5. The van der Waals surface area contributed by atoms with Crippen molar-refractivity contribution in [3.63, 3.8) is 0 Å². The molecule has 6 heterocycles. The van der Waals surface area contributed by atoms with Crippen LogP contribution >= 0.6 is 11.3 Å². The highest BCUT2D eigenvalue weighted by Crippen LogP contribution is 2.45. The molecule has 49 heavy (non-hydrogen) atoms. The summed E-state index contributed by atoms with van der Waals surface area (Å²) < 4.78 is 79.2. The zero-order valence-electron chi connectivity index (χ0n) is 26.8. The second kappa shape index (κ2) is 13.1. The van der Waals surface area contributed by atoms with Crippen LogP contribution in [-0.2, 0) is 35.1 Å². The van der Waals surface area contributed by atoms with Crippen molar-refractivity contribution < 1.29 is 35.8 Å². The average molecular weight is 724 g/mol. The molecule has 2 aromatic carbocycles. The molecule has 0 unspecified atom stereocenters. The van der Waals surface area contributed by atoms with Gasteiger partial charge in [0.25, 0.3) is 10.0 Å². The van der Waals surface area contributed by atoms with Crippen molar-refractivity contribution in [3.8, 4) is 22.1 Å². The van der Waals surface area contributed by atoms with E-state index in [1.54, 1.807) is 46.9 Å². The Balaban J connectivity index is 0.899. The van der Waals surface area contributed by atoms with E-state index in [1.165, 1.54) is 23.5 Å². The highest BCUT2D eigenvalue weighted by atomic mass is 32.2. The highest BCUT2D eigenvalue weighted by molar-refractivity contribution is 7.91. The third-order valence-electron chi connectivity index (χ3n) is 10.0. The molecular weight excluding hydrogens is 687 g/mol. The maximum atomic E-state index is 13.5. The summed E-state index contributed by atoms with van der Waals surface area (Å²) in [6.45, 7) is 3.69. The Morgan fingerprint density at radius 2 is 1.47 bits per heavy atom. The first-order chi connectivity index (χ1) is 23.7. The molecule has 0 radical (unpaired) electrons. The van der Waals surface area contributed by atoms with E-state index in [0.717, 1.165) is 54.9 Å². The number of likely N-dealkylation sites (tertiary alicyclic amines) is 1. The van der Waals surface area contributed by atoms with Crippen LogP contribution in [0, 0.1) is 5.92 Å². The fraction of sp³-hybridized carbons (Fsp3) is 0.400. The highest BCUT2D eigenvalue weighted by Gasteiger charge is 2.48. The largest absolute Gasteiger partial charge is 0.454 e. The zero-order valence-corrected chi connectivity index (χ0v) is 29.2. The predicted octanol–water partition coefficient (Wildman–Crippen LogP) is 5.14. The van der Waals surface area contributed by atoms with Crippen molar-refractivity contribution in [2.45, 2.75) is 51.5 Å². The van der Waals surface area contributed by atoms with E-state index in [-0.39, 0.29) is 22.5 Å². The maximum absolute atomic E-state index is 13.5. The number of hydrogen-bond acceptors (Lipinski definition) is 11. The first-order valence-corrected chi connectivity index (χ1v) is 20.3. The van der Waals surface area contributed by atoms with Crippen molar-refractivity contribution in [1.29, 1.82) is 0 Å². The molecule has 258 valence electrons. The van der Waals surface area contributed by atoms with Gasteiger partial charge in [-0.3, -0.25) is 4.98 Å². The normalized spacial score (nSPS) is 20.9. The van der Waals surface area contributed by atoms with E-state index >= 15 is 0 Å². The number of sulfone groups is 1. The van der Waals surface area contributed by atoms with E-state index in [2.05, 4.69) is 9.88 Å². The van der Waals surface area contributed by atoms with Gasteiger partial charge in [0.2, 0.25) is 16.6 Å². The number of aromatic nitrogens is 1. The molecule has 4 aliphatic heterocycles. The van der Waals surface area contributed by atoms with E-state index in [4.69, 9.17) is 18.9 Å². The topological polar surface area (TPSA) is 125 Å². The molecule has 0 N–H and O–H groups in total. The van der Waals surface area contributed by atoms with Crippen LogP contribution in [0.5, 0.6) is 11.5 Å². The Hall–Kier alpha value is -3.37. The summed E-state index contributed by atoms with van der Waals surface area (Å²) in [6.07, 6.45) is 4.96. The lowest BCUT2D eigenvalue weighted by Crippen LogP contribution is -2.51. The lowest BCUT2D eigenvalue weighted by atomic mass is 9.83. The SMILES string of the molecule is O=S(=O)(c1ccc(C2(C3CCN(C4CCN(S(=O)(=O)c5ccc(-c6ccccn6)s5)CC4)CC3)OCCO2)cc1)c1ccc2c(c1)OCO2. The van der Waals surface area contributed by atoms with Crippen LogP contribution in [-0.4, -0.2) is 83.3 Å². The van der Waals surface area contributed by atoms with Gasteiger partial charge in [0.05, 0.1) is 33.6 Å². The van der Waals surface area contributed by atoms with Gasteiger partial charge in [0.15, 0.2) is 17.3 Å². The van der Waals surface area contributed by atoms with Gasteiger partial charge in [0.1, 0.15) is 4.21 Å². The van der Waals surface area contributed by atoms with Gasteiger partial charge >= 0.3 is 0 Å². The molecule has 4 aromatic rings. The summed E-state index contributed by atoms with van der Waals surface area (Å²) in [6, 6.07) is 20.9. The van der Waals surface area contributed by atoms with Crippen LogP contribution in [0.2, 0.25) is 0 Å². The average Bonchev–Trinajstić information content (AvgIpc) is 3.94. The first kappa shape index (κ1) is 32.8. The van der Waals surface area contributed by atoms with E-state index in [0.29, 0.717) is 48.1 Å². The molecule has 11 nitrogen and oxygen atoms in total. The third kappa shape index (κ3) is 6.07. The summed E-state index contributed by atoms with van der Waals surface area (Å²) in [4.78, 5) is 8.00. The number of nitrogens with zero attached hydrogens (tertiary/aromatic N) is 3. The maximum Gasteiger partial charge on any atom is 0.252 e. The van der Waals surface area contributed by atoms with Crippen molar-refractivity contribution in [2.24, 2.45) is 5.92 Å². The van der Waals surface area contributed by atoms with Crippen LogP contribution in [0.25, 0.3) is 10.6 Å². The summed E-state index contributed by atoms with van der Waals surface area (Å²) in [7, 11) is -7.34. The molecule has 8 rings (SSSR count). The quantitative estimate of drug-likeness (QED) is 0.242. The number of pyridine rings is 1. The molecule has 3 saturated heterocycles. The minimum Gasteiger partial charge on any atom is -0.454 e. The van der Waals surface area contributed by atoms with Gasteiger partial charge in [-0.25, -0.2) is 16.8 Å². The predicted molar refractivity (Wildman–Crippen MR) is 182 cm³/mol. The molecule has 0 aliphatic carbocycles. The minimum absolute atomic E-state index is 0.0725. The minimum atomic E-state index is -3.77. The lowest BCUT2D eigenvalue weighted by Gasteiger charge is -2.45. The number of piperidine rings is 2. The number of rotatable bonds is 8. The van der Waals surface area contributed by atoms with Crippen LogP contribution in [0.3, 0.4) is 0 Å². The molecule has 0 spiro atoms. The molecule has 0 amide bonds. The standard InChI is InChI=1S/C35H37N3O8S3/c39-48(40,29-8-9-31-32(23-29)44-24-43-31)28-6-4-25(5-7-28)35(45-21-22-46-35)26-12-17-37(18-13-26)27-14-19-38(20-15-27)49(41,42)34-11-10-33(47-34)30-3-1-2-16-36-30/h1-11,16,23,26-27H,12-15,17-22,24H2. The Morgan fingerprint density at radius 1 is 0.755 bits per heavy atom. The summed E-state index contributed by atoms with van der Waals surface area (Å²) in [5.74, 6) is 0.108. The zero-order chi connectivity index (χ0) is 33.6. The molecule has 2 aromatic heterocycles. The fourth-order valence-corrected chi connectivity index (χ4v) is 11.6. The van der Waals surface area contributed by atoms with Crippen LogP contribution in [0.15, 0.2) is 93.0 Å². The smallest absolute Gasteiger partial charge is 0.252 e. The molecule has 4 aliphatic rings. The Bertz CT molecular complexity index is 2020. The van der Waals surface area contributed by atoms with E-state index in [9.17, 15) is 16.8 Å². The summed E-state index contributed by atoms with van der Waals surface area (Å²) >= 11 is 1.27. The molecule has 14 heteroatoms. The van der Waals surface area contributed by atoms with Crippen LogP contribution in [0.1, 0.15) is 31.2 Å². The third-order valence-corrected chi connectivity index (χ3v) is 15.3. The number of sulfonamides is 1.